The molecular weight excluding hydrogens is 258 g/mol. The van der Waals surface area contributed by atoms with Crippen LogP contribution < -0.4 is 4.90 Å². The number of fused-ring (bicyclic) bond motifs is 1. The molecule has 0 N–H and O–H groups in total. The first-order valence-corrected chi connectivity index (χ1v) is 6.49. The highest BCUT2D eigenvalue weighted by Crippen LogP contribution is 2.16. The number of para-hydroxylation sites is 1. The molecule has 0 radical (unpaired) electrons. The van der Waals surface area contributed by atoms with E-state index >= 15 is 0 Å². The number of benzene rings is 1. The van der Waals surface area contributed by atoms with Gasteiger partial charge >= 0.3 is 0 Å². The molecule has 0 amide bonds. The van der Waals surface area contributed by atoms with Crippen molar-refractivity contribution in [2.75, 3.05) is 11.9 Å². The molecular formula is C15H14ClN3. The molecule has 0 saturated carbocycles. The molecule has 1 aromatic carbocycles. The van der Waals surface area contributed by atoms with Gasteiger partial charge in [-0.3, -0.25) is 0 Å². The number of imidazole rings is 1. The lowest BCUT2D eigenvalue weighted by molar-refractivity contribution is 0.896. The Morgan fingerprint density at radius 1 is 1.11 bits per heavy atom. The van der Waals surface area contributed by atoms with Crippen LogP contribution >= 0.6 is 11.6 Å². The van der Waals surface area contributed by atoms with E-state index in [9.17, 15) is 0 Å². The second-order valence-corrected chi connectivity index (χ2v) is 4.97. The molecule has 0 spiro atoms. The van der Waals surface area contributed by atoms with Crippen LogP contribution in [0.15, 0.2) is 54.9 Å². The van der Waals surface area contributed by atoms with Gasteiger partial charge in [0.2, 0.25) is 0 Å². The maximum absolute atomic E-state index is 5.97. The smallest absolute Gasteiger partial charge is 0.137 e. The second-order valence-electron chi connectivity index (χ2n) is 4.54. The van der Waals surface area contributed by atoms with Gasteiger partial charge in [0.15, 0.2) is 0 Å². The molecule has 0 fully saturated rings. The molecule has 0 unspecified atom stereocenters. The molecule has 0 aliphatic carbocycles. The summed E-state index contributed by atoms with van der Waals surface area (Å²) in [5.41, 5.74) is 3.12. The second kappa shape index (κ2) is 4.94. The van der Waals surface area contributed by atoms with E-state index in [0.717, 1.165) is 17.9 Å². The zero-order valence-electron chi connectivity index (χ0n) is 10.6. The number of pyridine rings is 1. The standard InChI is InChI=1S/C15H14ClN3/c1-18(14-5-3-2-4-6-14)10-13-11-19-9-12(16)7-8-15(19)17-13/h2-9,11H,10H2,1H3. The minimum Gasteiger partial charge on any atom is -0.369 e. The van der Waals surface area contributed by atoms with Gasteiger partial charge in [-0.15, -0.1) is 0 Å². The van der Waals surface area contributed by atoms with E-state index in [0.29, 0.717) is 5.02 Å². The molecule has 3 aromatic rings. The normalized spacial score (nSPS) is 10.8. The van der Waals surface area contributed by atoms with Crippen LogP contribution in [-0.4, -0.2) is 16.4 Å². The SMILES string of the molecule is CN(Cc1cn2cc(Cl)ccc2n1)c1ccccc1. The Bertz CT molecular complexity index is 691. The highest BCUT2D eigenvalue weighted by atomic mass is 35.5. The molecule has 0 saturated heterocycles. The summed E-state index contributed by atoms with van der Waals surface area (Å²) in [5, 5.41) is 0.716. The van der Waals surface area contributed by atoms with Gasteiger partial charge in [-0.05, 0) is 24.3 Å². The fourth-order valence-corrected chi connectivity index (χ4v) is 2.28. The third-order valence-corrected chi connectivity index (χ3v) is 3.28. The van der Waals surface area contributed by atoms with E-state index in [4.69, 9.17) is 11.6 Å². The van der Waals surface area contributed by atoms with Crippen molar-refractivity contribution in [1.82, 2.24) is 9.38 Å². The number of aromatic nitrogens is 2. The van der Waals surface area contributed by atoms with Crippen LogP contribution in [0.1, 0.15) is 5.69 Å². The summed E-state index contributed by atoms with van der Waals surface area (Å²) in [6, 6.07) is 14.1. The van der Waals surface area contributed by atoms with Gasteiger partial charge in [-0.2, -0.15) is 0 Å². The summed E-state index contributed by atoms with van der Waals surface area (Å²) in [7, 11) is 2.06. The molecule has 0 bridgehead atoms. The van der Waals surface area contributed by atoms with Crippen LogP contribution in [0.2, 0.25) is 5.02 Å². The van der Waals surface area contributed by atoms with Crippen LogP contribution in [0.5, 0.6) is 0 Å². The van der Waals surface area contributed by atoms with Crippen molar-refractivity contribution in [2.24, 2.45) is 0 Å². The Morgan fingerprint density at radius 2 is 1.89 bits per heavy atom. The third kappa shape index (κ3) is 2.56. The van der Waals surface area contributed by atoms with Crippen LogP contribution in [-0.2, 0) is 6.54 Å². The summed E-state index contributed by atoms with van der Waals surface area (Å²) < 4.78 is 1.95. The van der Waals surface area contributed by atoms with Gasteiger partial charge in [0.1, 0.15) is 5.65 Å². The molecule has 19 heavy (non-hydrogen) atoms. The van der Waals surface area contributed by atoms with E-state index < -0.39 is 0 Å². The van der Waals surface area contributed by atoms with E-state index in [2.05, 4.69) is 29.1 Å². The number of anilines is 1. The van der Waals surface area contributed by atoms with Crippen LogP contribution in [0.4, 0.5) is 5.69 Å². The van der Waals surface area contributed by atoms with Crippen molar-refractivity contribution in [2.45, 2.75) is 6.54 Å². The molecule has 4 heteroatoms. The predicted molar refractivity (Wildman–Crippen MR) is 78.8 cm³/mol. The Balaban J connectivity index is 1.85. The molecule has 96 valence electrons. The maximum atomic E-state index is 5.97. The van der Waals surface area contributed by atoms with E-state index in [-0.39, 0.29) is 0 Å². The molecule has 0 aliphatic heterocycles. The molecule has 3 nitrogen and oxygen atoms in total. The van der Waals surface area contributed by atoms with E-state index in [1.807, 2.05) is 47.1 Å². The summed E-state index contributed by atoms with van der Waals surface area (Å²) in [4.78, 5) is 6.75. The van der Waals surface area contributed by atoms with Crippen molar-refractivity contribution in [3.63, 3.8) is 0 Å². The molecule has 0 atom stereocenters. The van der Waals surface area contributed by atoms with Gasteiger partial charge in [-0.25, -0.2) is 4.98 Å². The number of hydrogen-bond acceptors (Lipinski definition) is 2. The molecule has 2 heterocycles. The highest BCUT2D eigenvalue weighted by Gasteiger charge is 2.06. The summed E-state index contributed by atoms with van der Waals surface area (Å²) in [5.74, 6) is 0. The van der Waals surface area contributed by atoms with Gasteiger partial charge in [0.05, 0.1) is 17.3 Å². The van der Waals surface area contributed by atoms with Crippen molar-refractivity contribution in [3.8, 4) is 0 Å². The quantitative estimate of drug-likeness (QED) is 0.725. The fraction of sp³-hybridized carbons (Fsp3) is 0.133. The first kappa shape index (κ1) is 12.1. The summed E-state index contributed by atoms with van der Waals surface area (Å²) in [6.07, 6.45) is 3.89. The Kier molecular flexibility index (Phi) is 3.13. The Hall–Kier alpha value is -2.00. The molecule has 0 aliphatic rings. The van der Waals surface area contributed by atoms with Gasteiger partial charge in [0.25, 0.3) is 0 Å². The number of halogens is 1. The molecule has 3 rings (SSSR count). The average Bonchev–Trinajstić information content (AvgIpc) is 2.81. The number of rotatable bonds is 3. The third-order valence-electron chi connectivity index (χ3n) is 3.06. The largest absolute Gasteiger partial charge is 0.369 e. The Labute approximate surface area is 117 Å². The van der Waals surface area contributed by atoms with Crippen molar-refractivity contribution < 1.29 is 0 Å². The lowest BCUT2D eigenvalue weighted by Gasteiger charge is -2.17. The van der Waals surface area contributed by atoms with Crippen LogP contribution in [0, 0.1) is 0 Å². The lowest BCUT2D eigenvalue weighted by atomic mass is 10.3. The van der Waals surface area contributed by atoms with Crippen molar-refractivity contribution >= 4 is 22.9 Å². The average molecular weight is 272 g/mol. The topological polar surface area (TPSA) is 20.5 Å². The van der Waals surface area contributed by atoms with Crippen molar-refractivity contribution in [1.29, 1.82) is 0 Å². The van der Waals surface area contributed by atoms with Crippen LogP contribution in [0.25, 0.3) is 5.65 Å². The Morgan fingerprint density at radius 3 is 2.68 bits per heavy atom. The van der Waals surface area contributed by atoms with Gasteiger partial charge in [0, 0.05) is 25.1 Å². The fourth-order valence-electron chi connectivity index (χ4n) is 2.11. The predicted octanol–water partition coefficient (Wildman–Crippen LogP) is 3.62. The minimum absolute atomic E-state index is 0.716. The first-order chi connectivity index (χ1) is 9.22. The van der Waals surface area contributed by atoms with Gasteiger partial charge < -0.3 is 9.30 Å². The van der Waals surface area contributed by atoms with E-state index in [1.165, 1.54) is 5.69 Å². The zero-order valence-corrected chi connectivity index (χ0v) is 11.4. The van der Waals surface area contributed by atoms with Crippen LogP contribution in [0.3, 0.4) is 0 Å². The maximum Gasteiger partial charge on any atom is 0.137 e. The van der Waals surface area contributed by atoms with Crippen molar-refractivity contribution in [3.05, 3.63) is 65.6 Å². The molecule has 2 aromatic heterocycles. The van der Waals surface area contributed by atoms with Gasteiger partial charge in [-0.1, -0.05) is 29.8 Å². The first-order valence-electron chi connectivity index (χ1n) is 6.12. The lowest BCUT2D eigenvalue weighted by Crippen LogP contribution is -2.16. The summed E-state index contributed by atoms with van der Waals surface area (Å²) >= 11 is 5.97. The summed E-state index contributed by atoms with van der Waals surface area (Å²) in [6.45, 7) is 0.767. The minimum atomic E-state index is 0.716. The monoisotopic (exact) mass is 271 g/mol. The highest BCUT2D eigenvalue weighted by molar-refractivity contribution is 6.30. The number of nitrogens with zero attached hydrogens (tertiary/aromatic N) is 3. The van der Waals surface area contributed by atoms with E-state index in [1.54, 1.807) is 0 Å². The number of hydrogen-bond donors (Lipinski definition) is 0. The zero-order chi connectivity index (χ0) is 13.2.